The van der Waals surface area contributed by atoms with E-state index in [-0.39, 0.29) is 0 Å². The van der Waals surface area contributed by atoms with Crippen molar-refractivity contribution in [2.24, 2.45) is 0 Å². The van der Waals surface area contributed by atoms with Crippen LogP contribution in [0, 0.1) is 0 Å². The maximum atomic E-state index is 3.68. The molecular formula is C28H17N. The lowest BCUT2D eigenvalue weighted by Crippen LogP contribution is -1.89. The first-order chi connectivity index (χ1) is 14.4. The average molecular weight is 367 g/mol. The van der Waals surface area contributed by atoms with Crippen LogP contribution < -0.4 is 0 Å². The molecule has 1 N–H and O–H groups in total. The molecule has 1 aromatic heterocycles. The Balaban J connectivity index is 1.82. The van der Waals surface area contributed by atoms with Crippen molar-refractivity contribution in [1.82, 2.24) is 4.98 Å². The lowest BCUT2D eigenvalue weighted by atomic mass is 9.89. The fourth-order valence-corrected chi connectivity index (χ4v) is 5.15. The Morgan fingerprint density at radius 3 is 2.03 bits per heavy atom. The zero-order valence-corrected chi connectivity index (χ0v) is 15.7. The topological polar surface area (TPSA) is 15.8 Å². The highest BCUT2D eigenvalue weighted by atomic mass is 14.7. The smallest absolute Gasteiger partial charge is 0.0471 e. The van der Waals surface area contributed by atoms with Gasteiger partial charge in [-0.2, -0.15) is 0 Å². The standard InChI is InChI=1S/C28H17N/c1-2-7-17(8-3-1)19-14-16-24-28-26(19)22-11-5-4-10-20(22)21-12-6-9-18-13-15-23(29-24)27(28)25(18)21/h1-16,29H. The van der Waals surface area contributed by atoms with Gasteiger partial charge in [0.1, 0.15) is 0 Å². The highest BCUT2D eigenvalue weighted by Crippen LogP contribution is 2.50. The third-order valence-corrected chi connectivity index (χ3v) is 6.34. The Kier molecular flexibility index (Phi) is 2.80. The van der Waals surface area contributed by atoms with Gasteiger partial charge in [-0.1, -0.05) is 84.9 Å². The minimum atomic E-state index is 1.20. The van der Waals surface area contributed by atoms with Crippen LogP contribution in [0.1, 0.15) is 0 Å². The van der Waals surface area contributed by atoms with Crippen LogP contribution in [0.3, 0.4) is 0 Å². The summed E-state index contributed by atoms with van der Waals surface area (Å²) >= 11 is 0. The van der Waals surface area contributed by atoms with Crippen LogP contribution in [0.4, 0.5) is 0 Å². The molecule has 0 saturated carbocycles. The molecule has 0 atom stereocenters. The molecule has 7 rings (SSSR count). The first-order valence-corrected chi connectivity index (χ1v) is 10.1. The van der Waals surface area contributed by atoms with E-state index in [1.165, 1.54) is 66.0 Å². The van der Waals surface area contributed by atoms with Crippen molar-refractivity contribution < 1.29 is 0 Å². The summed E-state index contributed by atoms with van der Waals surface area (Å²) in [5, 5.41) is 5.33. The first-order valence-electron chi connectivity index (χ1n) is 10.1. The normalized spacial score (nSPS) is 12.1. The second-order valence-electron chi connectivity index (χ2n) is 7.84. The summed E-state index contributed by atoms with van der Waals surface area (Å²) in [6.07, 6.45) is 0. The summed E-state index contributed by atoms with van der Waals surface area (Å²) < 4.78 is 0. The Hall–Kier alpha value is -3.84. The lowest BCUT2D eigenvalue weighted by Gasteiger charge is -2.15. The quantitative estimate of drug-likeness (QED) is 0.305. The van der Waals surface area contributed by atoms with Crippen molar-refractivity contribution in [2.45, 2.75) is 0 Å². The molecule has 1 heteroatoms. The molecule has 0 unspecified atom stereocenters. The van der Waals surface area contributed by atoms with E-state index in [0.29, 0.717) is 0 Å². The van der Waals surface area contributed by atoms with Gasteiger partial charge in [-0.25, -0.2) is 0 Å². The van der Waals surface area contributed by atoms with Crippen molar-refractivity contribution in [3.05, 3.63) is 97.1 Å². The van der Waals surface area contributed by atoms with Crippen LogP contribution >= 0.6 is 0 Å². The summed E-state index contributed by atoms with van der Waals surface area (Å²) in [6.45, 7) is 0. The van der Waals surface area contributed by atoms with E-state index in [1.807, 2.05) is 0 Å². The van der Waals surface area contributed by atoms with Gasteiger partial charge in [0.2, 0.25) is 0 Å². The minimum Gasteiger partial charge on any atom is -0.354 e. The molecule has 1 heterocycles. The van der Waals surface area contributed by atoms with Gasteiger partial charge in [0.05, 0.1) is 0 Å². The Bertz CT molecular complexity index is 1590. The lowest BCUT2D eigenvalue weighted by molar-refractivity contribution is 1.54. The number of fused-ring (bicyclic) bond motifs is 3. The van der Waals surface area contributed by atoms with Crippen molar-refractivity contribution >= 4 is 32.6 Å². The summed E-state index contributed by atoms with van der Waals surface area (Å²) in [6, 6.07) is 35.3. The van der Waals surface area contributed by atoms with Gasteiger partial charge in [-0.3, -0.25) is 0 Å². The second kappa shape index (κ2) is 5.36. The predicted molar refractivity (Wildman–Crippen MR) is 123 cm³/mol. The molecule has 0 radical (unpaired) electrons. The monoisotopic (exact) mass is 367 g/mol. The van der Waals surface area contributed by atoms with Crippen LogP contribution in [0.5, 0.6) is 0 Å². The van der Waals surface area contributed by atoms with Crippen LogP contribution in [0.25, 0.3) is 66.0 Å². The van der Waals surface area contributed by atoms with Crippen LogP contribution in [0.2, 0.25) is 0 Å². The van der Waals surface area contributed by atoms with Gasteiger partial charge < -0.3 is 4.98 Å². The Labute approximate surface area is 168 Å². The van der Waals surface area contributed by atoms with Crippen molar-refractivity contribution in [3.63, 3.8) is 0 Å². The summed E-state index contributed by atoms with van der Waals surface area (Å²) in [7, 11) is 0. The molecule has 0 fully saturated rings. The van der Waals surface area contributed by atoms with Crippen LogP contribution in [-0.2, 0) is 0 Å². The van der Waals surface area contributed by atoms with Gasteiger partial charge in [-0.15, -0.1) is 0 Å². The largest absolute Gasteiger partial charge is 0.354 e. The third-order valence-electron chi connectivity index (χ3n) is 6.34. The van der Waals surface area contributed by atoms with E-state index in [0.717, 1.165) is 0 Å². The number of aromatic nitrogens is 1. The molecule has 5 aromatic carbocycles. The number of aromatic amines is 1. The van der Waals surface area contributed by atoms with E-state index >= 15 is 0 Å². The van der Waals surface area contributed by atoms with E-state index in [4.69, 9.17) is 0 Å². The number of nitrogens with one attached hydrogen (secondary N) is 1. The van der Waals surface area contributed by atoms with Gasteiger partial charge in [-0.05, 0) is 50.7 Å². The van der Waals surface area contributed by atoms with Gasteiger partial charge in [0, 0.05) is 27.4 Å². The highest BCUT2D eigenvalue weighted by molar-refractivity contribution is 6.31. The summed E-state index contributed by atoms with van der Waals surface area (Å²) in [4.78, 5) is 3.68. The van der Waals surface area contributed by atoms with E-state index in [9.17, 15) is 0 Å². The molecule has 29 heavy (non-hydrogen) atoms. The predicted octanol–water partition coefficient (Wildman–Crippen LogP) is 7.79. The summed E-state index contributed by atoms with van der Waals surface area (Å²) in [5.74, 6) is 0. The average Bonchev–Trinajstić information content (AvgIpc) is 3.11. The first kappa shape index (κ1) is 15.1. The number of benzene rings is 5. The number of rotatable bonds is 1. The molecule has 134 valence electrons. The minimum absolute atomic E-state index is 1.20. The van der Waals surface area contributed by atoms with Gasteiger partial charge in [0.25, 0.3) is 0 Å². The van der Waals surface area contributed by atoms with Crippen LogP contribution in [0.15, 0.2) is 97.1 Å². The Morgan fingerprint density at radius 2 is 1.14 bits per heavy atom. The molecule has 1 aliphatic carbocycles. The van der Waals surface area contributed by atoms with E-state index < -0.39 is 0 Å². The van der Waals surface area contributed by atoms with Crippen molar-refractivity contribution in [3.8, 4) is 33.4 Å². The second-order valence-corrected chi connectivity index (χ2v) is 7.84. The maximum Gasteiger partial charge on any atom is 0.0471 e. The van der Waals surface area contributed by atoms with Gasteiger partial charge in [0.15, 0.2) is 0 Å². The van der Waals surface area contributed by atoms with Crippen molar-refractivity contribution in [1.29, 1.82) is 0 Å². The molecule has 0 bridgehead atoms. The molecule has 1 nitrogen and oxygen atoms in total. The van der Waals surface area contributed by atoms with Crippen LogP contribution in [-0.4, -0.2) is 4.98 Å². The fraction of sp³-hybridized carbons (Fsp3) is 0. The molecule has 6 aromatic rings. The number of H-pyrrole nitrogens is 1. The Morgan fingerprint density at radius 1 is 0.414 bits per heavy atom. The molecule has 1 aliphatic rings. The zero-order chi connectivity index (χ0) is 18.9. The SMILES string of the molecule is c1ccc(-c2ccc3[nH]c4ccc5cccc6c5c4c3c2-c2ccccc2-6)cc1. The maximum absolute atomic E-state index is 3.68. The number of hydrogen-bond donors (Lipinski definition) is 1. The van der Waals surface area contributed by atoms with E-state index in [2.05, 4.69) is 102 Å². The molecule has 0 saturated heterocycles. The molecule has 0 aliphatic heterocycles. The molecule has 0 spiro atoms. The number of hydrogen-bond acceptors (Lipinski definition) is 0. The van der Waals surface area contributed by atoms with Gasteiger partial charge >= 0.3 is 0 Å². The molecule has 0 amide bonds. The zero-order valence-electron chi connectivity index (χ0n) is 15.7. The molecular weight excluding hydrogens is 350 g/mol. The van der Waals surface area contributed by atoms with E-state index in [1.54, 1.807) is 0 Å². The third kappa shape index (κ3) is 1.89. The highest BCUT2D eigenvalue weighted by Gasteiger charge is 2.24. The summed E-state index contributed by atoms with van der Waals surface area (Å²) in [5.41, 5.74) is 10.2. The fourth-order valence-electron chi connectivity index (χ4n) is 5.15. The van der Waals surface area contributed by atoms with Crippen molar-refractivity contribution in [2.75, 3.05) is 0 Å².